The van der Waals surface area contributed by atoms with E-state index in [0.29, 0.717) is 0 Å². The summed E-state index contributed by atoms with van der Waals surface area (Å²) in [7, 11) is 0. The summed E-state index contributed by atoms with van der Waals surface area (Å²) in [4.78, 5) is 24.3. The SMILES string of the molecule is CCOC(=O)[C@@H]1CN(C(=O)OC(C)(C)C)CC(F)(F)C1. The van der Waals surface area contributed by atoms with E-state index in [4.69, 9.17) is 9.47 Å². The Bertz CT molecular complexity index is 379. The zero-order chi connectivity index (χ0) is 15.6. The third-order valence-corrected chi connectivity index (χ3v) is 2.68. The Balaban J connectivity index is 2.77. The van der Waals surface area contributed by atoms with Crippen LogP contribution in [-0.4, -0.2) is 48.2 Å². The van der Waals surface area contributed by atoms with E-state index in [0.717, 1.165) is 4.90 Å². The second kappa shape index (κ2) is 5.93. The topological polar surface area (TPSA) is 55.8 Å². The van der Waals surface area contributed by atoms with Crippen molar-refractivity contribution in [2.75, 3.05) is 19.7 Å². The average molecular weight is 293 g/mol. The van der Waals surface area contributed by atoms with Gasteiger partial charge in [-0.15, -0.1) is 0 Å². The summed E-state index contributed by atoms with van der Waals surface area (Å²) in [6.07, 6.45) is -1.45. The van der Waals surface area contributed by atoms with Crippen LogP contribution in [0.2, 0.25) is 0 Å². The highest BCUT2D eigenvalue weighted by Gasteiger charge is 2.46. The van der Waals surface area contributed by atoms with Crippen LogP contribution in [-0.2, 0) is 14.3 Å². The predicted octanol–water partition coefficient (Wildman–Crippen LogP) is 2.44. The molecule has 0 bridgehead atoms. The van der Waals surface area contributed by atoms with Crippen molar-refractivity contribution >= 4 is 12.1 Å². The second-order valence-corrected chi connectivity index (χ2v) is 5.87. The van der Waals surface area contributed by atoms with Crippen LogP contribution in [0.15, 0.2) is 0 Å². The highest BCUT2D eigenvalue weighted by molar-refractivity contribution is 5.75. The third-order valence-electron chi connectivity index (χ3n) is 2.68. The lowest BCUT2D eigenvalue weighted by Gasteiger charge is -2.37. The van der Waals surface area contributed by atoms with Gasteiger partial charge in [0.05, 0.1) is 19.1 Å². The largest absolute Gasteiger partial charge is 0.466 e. The molecule has 0 aliphatic carbocycles. The van der Waals surface area contributed by atoms with E-state index < -0.39 is 42.5 Å². The number of halogens is 2. The number of ether oxygens (including phenoxy) is 2. The number of carbonyl (C=O) groups excluding carboxylic acids is 2. The summed E-state index contributed by atoms with van der Waals surface area (Å²) in [6, 6.07) is 0. The Kier molecular flexibility index (Phi) is 4.94. The van der Waals surface area contributed by atoms with Gasteiger partial charge in [0, 0.05) is 13.0 Å². The number of esters is 1. The van der Waals surface area contributed by atoms with Crippen LogP contribution >= 0.6 is 0 Å². The van der Waals surface area contributed by atoms with Gasteiger partial charge in [-0.25, -0.2) is 13.6 Å². The molecule has 0 spiro atoms. The highest BCUT2D eigenvalue weighted by atomic mass is 19.3. The fourth-order valence-electron chi connectivity index (χ4n) is 1.98. The molecule has 20 heavy (non-hydrogen) atoms. The minimum Gasteiger partial charge on any atom is -0.466 e. The maximum atomic E-state index is 13.6. The number of rotatable bonds is 2. The van der Waals surface area contributed by atoms with Crippen LogP contribution in [0, 0.1) is 5.92 Å². The lowest BCUT2D eigenvalue weighted by molar-refractivity contribution is -0.158. The van der Waals surface area contributed by atoms with E-state index >= 15 is 0 Å². The maximum Gasteiger partial charge on any atom is 0.410 e. The molecule has 0 saturated carbocycles. The molecule has 0 aromatic carbocycles. The van der Waals surface area contributed by atoms with Gasteiger partial charge in [-0.1, -0.05) is 0 Å². The summed E-state index contributed by atoms with van der Waals surface area (Å²) < 4.78 is 37.1. The zero-order valence-corrected chi connectivity index (χ0v) is 12.2. The van der Waals surface area contributed by atoms with Crippen molar-refractivity contribution in [2.45, 2.75) is 45.6 Å². The maximum absolute atomic E-state index is 13.6. The number of alkyl halides is 2. The fourth-order valence-corrected chi connectivity index (χ4v) is 1.98. The smallest absolute Gasteiger partial charge is 0.410 e. The molecule has 0 radical (unpaired) electrons. The van der Waals surface area contributed by atoms with Crippen LogP contribution in [0.1, 0.15) is 34.1 Å². The molecular formula is C13H21F2NO4. The Hall–Kier alpha value is -1.40. The molecule has 7 heteroatoms. The third kappa shape index (κ3) is 4.94. The van der Waals surface area contributed by atoms with E-state index in [2.05, 4.69) is 0 Å². The van der Waals surface area contributed by atoms with Crippen molar-refractivity contribution in [3.63, 3.8) is 0 Å². The number of carbonyl (C=O) groups is 2. The summed E-state index contributed by atoms with van der Waals surface area (Å²) in [5.41, 5.74) is -0.775. The van der Waals surface area contributed by atoms with Crippen molar-refractivity contribution in [2.24, 2.45) is 5.92 Å². The van der Waals surface area contributed by atoms with Crippen molar-refractivity contribution in [1.82, 2.24) is 4.90 Å². The molecule has 1 aliphatic rings. The molecule has 1 fully saturated rings. The molecule has 0 aromatic heterocycles. The van der Waals surface area contributed by atoms with Crippen molar-refractivity contribution in [3.8, 4) is 0 Å². The van der Waals surface area contributed by atoms with Gasteiger partial charge >= 0.3 is 12.1 Å². The van der Waals surface area contributed by atoms with Gasteiger partial charge in [0.2, 0.25) is 0 Å². The lowest BCUT2D eigenvalue weighted by atomic mass is 9.95. The highest BCUT2D eigenvalue weighted by Crippen LogP contribution is 2.31. The molecule has 0 N–H and O–H groups in total. The first kappa shape index (κ1) is 16.7. The molecular weight excluding hydrogens is 272 g/mol. The van der Waals surface area contributed by atoms with Crippen molar-refractivity contribution in [1.29, 1.82) is 0 Å². The molecule has 1 atom stereocenters. The van der Waals surface area contributed by atoms with Crippen LogP contribution in [0.25, 0.3) is 0 Å². The second-order valence-electron chi connectivity index (χ2n) is 5.87. The molecule has 5 nitrogen and oxygen atoms in total. The van der Waals surface area contributed by atoms with Crippen molar-refractivity contribution in [3.05, 3.63) is 0 Å². The summed E-state index contributed by atoms with van der Waals surface area (Å²) >= 11 is 0. The van der Waals surface area contributed by atoms with Gasteiger partial charge in [0.25, 0.3) is 5.92 Å². The number of piperidine rings is 1. The van der Waals surface area contributed by atoms with Crippen LogP contribution in [0.4, 0.5) is 13.6 Å². The first-order chi connectivity index (χ1) is 9.04. The molecule has 1 amide bonds. The van der Waals surface area contributed by atoms with Crippen molar-refractivity contribution < 1.29 is 27.8 Å². The Labute approximate surface area is 117 Å². The Morgan fingerprint density at radius 3 is 2.45 bits per heavy atom. The summed E-state index contributed by atoms with van der Waals surface area (Å²) in [6.45, 7) is 5.82. The molecule has 116 valence electrons. The molecule has 0 aromatic rings. The average Bonchev–Trinajstić information content (AvgIpc) is 2.24. The van der Waals surface area contributed by atoms with Gasteiger partial charge in [-0.3, -0.25) is 4.79 Å². The van der Waals surface area contributed by atoms with Gasteiger partial charge in [0.15, 0.2) is 0 Å². The van der Waals surface area contributed by atoms with E-state index in [-0.39, 0.29) is 13.2 Å². The lowest BCUT2D eigenvalue weighted by Crippen LogP contribution is -2.52. The number of hydrogen-bond acceptors (Lipinski definition) is 4. The van der Waals surface area contributed by atoms with Crippen LogP contribution < -0.4 is 0 Å². The van der Waals surface area contributed by atoms with Gasteiger partial charge in [-0.2, -0.15) is 0 Å². The zero-order valence-electron chi connectivity index (χ0n) is 12.2. The number of likely N-dealkylation sites (tertiary alicyclic amines) is 1. The predicted molar refractivity (Wildman–Crippen MR) is 67.5 cm³/mol. The van der Waals surface area contributed by atoms with Gasteiger partial charge in [-0.05, 0) is 27.7 Å². The van der Waals surface area contributed by atoms with E-state index in [1.807, 2.05) is 0 Å². The van der Waals surface area contributed by atoms with E-state index in [1.165, 1.54) is 0 Å². The molecule has 1 heterocycles. The normalized spacial score (nSPS) is 22.3. The monoisotopic (exact) mass is 293 g/mol. The van der Waals surface area contributed by atoms with Crippen LogP contribution in [0.3, 0.4) is 0 Å². The van der Waals surface area contributed by atoms with E-state index in [9.17, 15) is 18.4 Å². The standard InChI is InChI=1S/C13H21F2NO4/c1-5-19-10(17)9-6-13(14,15)8-16(7-9)11(18)20-12(2,3)4/h9H,5-8H2,1-4H3/t9-/m0/s1. The summed E-state index contributed by atoms with van der Waals surface area (Å²) in [5.74, 6) is -4.85. The Morgan fingerprint density at radius 2 is 1.95 bits per heavy atom. The summed E-state index contributed by atoms with van der Waals surface area (Å²) in [5, 5.41) is 0. The molecule has 1 saturated heterocycles. The van der Waals surface area contributed by atoms with E-state index in [1.54, 1.807) is 27.7 Å². The van der Waals surface area contributed by atoms with Gasteiger partial charge < -0.3 is 14.4 Å². The molecule has 1 aliphatic heterocycles. The Morgan fingerprint density at radius 1 is 1.35 bits per heavy atom. The number of amides is 1. The van der Waals surface area contributed by atoms with Gasteiger partial charge in [0.1, 0.15) is 5.60 Å². The first-order valence-electron chi connectivity index (χ1n) is 6.56. The molecule has 0 unspecified atom stereocenters. The minimum absolute atomic E-state index is 0.108. The number of nitrogens with zero attached hydrogens (tertiary/aromatic N) is 1. The first-order valence-corrected chi connectivity index (χ1v) is 6.56. The fraction of sp³-hybridized carbons (Fsp3) is 0.846. The quantitative estimate of drug-likeness (QED) is 0.734. The number of hydrogen-bond donors (Lipinski definition) is 0. The molecule has 1 rings (SSSR count). The minimum atomic E-state index is -3.12. The van der Waals surface area contributed by atoms with Crippen LogP contribution in [0.5, 0.6) is 0 Å².